The summed E-state index contributed by atoms with van der Waals surface area (Å²) in [7, 11) is 0. The number of nitrogens with zero attached hydrogens (tertiary/aromatic N) is 1. The summed E-state index contributed by atoms with van der Waals surface area (Å²) in [6.45, 7) is 0.755. The lowest BCUT2D eigenvalue weighted by molar-refractivity contribution is 0.0191. The second kappa shape index (κ2) is 5.78. The molecule has 4 nitrogen and oxygen atoms in total. The number of rotatable bonds is 3. The molecule has 0 aliphatic rings. The molecule has 124 valence electrons. The van der Waals surface area contributed by atoms with E-state index in [1.807, 2.05) is 0 Å². The number of aromatic nitrogens is 1. The zero-order valence-electron chi connectivity index (χ0n) is 12.3. The summed E-state index contributed by atoms with van der Waals surface area (Å²) in [4.78, 5) is 15.6. The minimum atomic E-state index is -3.18. The molecule has 0 saturated heterocycles. The van der Waals surface area contributed by atoms with Crippen LogP contribution >= 0.6 is 27.3 Å². The van der Waals surface area contributed by atoms with Gasteiger partial charge in [-0.2, -0.15) is 0 Å². The van der Waals surface area contributed by atoms with E-state index in [1.165, 1.54) is 6.07 Å². The second-order valence-electron chi connectivity index (χ2n) is 5.28. The molecule has 2 aromatic heterocycles. The molecule has 0 saturated carbocycles. The lowest BCUT2D eigenvalue weighted by Crippen LogP contribution is -2.09. The molecular weight excluding hydrogens is 402 g/mol. The van der Waals surface area contributed by atoms with Gasteiger partial charge >= 0.3 is 5.97 Å². The van der Waals surface area contributed by atoms with E-state index in [0.29, 0.717) is 11.3 Å². The minimum absolute atomic E-state index is 0.00533. The van der Waals surface area contributed by atoms with Gasteiger partial charge in [0.25, 0.3) is 5.92 Å². The first kappa shape index (κ1) is 16.8. The zero-order chi connectivity index (χ0) is 17.6. The molecule has 3 aromatic rings. The molecule has 0 aliphatic heterocycles. The van der Waals surface area contributed by atoms with E-state index in [4.69, 9.17) is 5.73 Å². The van der Waals surface area contributed by atoms with Crippen LogP contribution in [0.4, 0.5) is 14.5 Å². The molecule has 2 heterocycles. The number of fused-ring (bicyclic) bond motifs is 1. The van der Waals surface area contributed by atoms with Crippen LogP contribution in [0.1, 0.15) is 22.2 Å². The minimum Gasteiger partial charge on any atom is -0.477 e. The van der Waals surface area contributed by atoms with Gasteiger partial charge in [0.1, 0.15) is 9.71 Å². The number of alkyl halides is 2. The van der Waals surface area contributed by atoms with Crippen molar-refractivity contribution in [1.82, 2.24) is 4.98 Å². The standard InChI is InChI=1S/C16H11BrF2N2O2S/c1-16(18,19)9-6-10(7-2-4-8(17)5-3-7)21-14-11(9)12(20)13(24-14)15(22)23/h2-6H,20H2,1H3,(H,22,23). The molecule has 0 spiro atoms. The number of aromatic carboxylic acids is 1. The lowest BCUT2D eigenvalue weighted by atomic mass is 10.0. The number of hydrogen-bond acceptors (Lipinski definition) is 4. The number of benzene rings is 1. The topological polar surface area (TPSA) is 76.2 Å². The maximum absolute atomic E-state index is 14.1. The lowest BCUT2D eigenvalue weighted by Gasteiger charge is -2.14. The summed E-state index contributed by atoms with van der Waals surface area (Å²) in [5.74, 6) is -4.44. The fraction of sp³-hybridized carbons (Fsp3) is 0.125. The SMILES string of the molecule is CC(F)(F)c1cc(-c2ccc(Br)cc2)nc2sc(C(=O)O)c(N)c12. The summed E-state index contributed by atoms with van der Waals surface area (Å²) >= 11 is 4.11. The normalized spacial score (nSPS) is 11.8. The maximum Gasteiger partial charge on any atom is 0.348 e. The first-order valence-electron chi connectivity index (χ1n) is 6.79. The molecule has 3 rings (SSSR count). The highest BCUT2D eigenvalue weighted by atomic mass is 79.9. The Kier molecular flexibility index (Phi) is 4.05. The third-order valence-electron chi connectivity index (χ3n) is 3.51. The molecule has 0 amide bonds. The summed E-state index contributed by atoms with van der Waals surface area (Å²) in [5, 5.41) is 9.19. The van der Waals surface area contributed by atoms with Gasteiger partial charge in [-0.1, -0.05) is 28.1 Å². The van der Waals surface area contributed by atoms with Crippen molar-refractivity contribution in [3.05, 3.63) is 45.2 Å². The van der Waals surface area contributed by atoms with E-state index >= 15 is 0 Å². The van der Waals surface area contributed by atoms with Gasteiger partial charge in [0.15, 0.2) is 0 Å². The Balaban J connectivity index is 2.34. The monoisotopic (exact) mass is 412 g/mol. The van der Waals surface area contributed by atoms with Gasteiger partial charge in [-0.15, -0.1) is 11.3 Å². The number of carboxylic acid groups (broad SMARTS) is 1. The predicted molar refractivity (Wildman–Crippen MR) is 93.7 cm³/mol. The molecule has 0 unspecified atom stereocenters. The van der Waals surface area contributed by atoms with Crippen molar-refractivity contribution in [2.45, 2.75) is 12.8 Å². The Hall–Kier alpha value is -2.06. The quantitative estimate of drug-likeness (QED) is 0.625. The third kappa shape index (κ3) is 2.87. The molecular formula is C16H11BrF2N2O2S. The number of thiophene rings is 1. The van der Waals surface area contributed by atoms with Crippen LogP contribution < -0.4 is 5.73 Å². The zero-order valence-corrected chi connectivity index (χ0v) is 14.7. The van der Waals surface area contributed by atoms with Gasteiger partial charge in [0, 0.05) is 27.9 Å². The highest BCUT2D eigenvalue weighted by Crippen LogP contribution is 2.42. The van der Waals surface area contributed by atoms with Crippen molar-refractivity contribution in [3.8, 4) is 11.3 Å². The number of halogens is 3. The van der Waals surface area contributed by atoms with Gasteiger partial charge in [-0.05, 0) is 18.2 Å². The fourth-order valence-corrected chi connectivity index (χ4v) is 3.62. The molecule has 1 aromatic carbocycles. The maximum atomic E-state index is 14.1. The Morgan fingerprint density at radius 1 is 1.33 bits per heavy atom. The van der Waals surface area contributed by atoms with Gasteiger partial charge < -0.3 is 10.8 Å². The Morgan fingerprint density at radius 3 is 2.50 bits per heavy atom. The molecule has 24 heavy (non-hydrogen) atoms. The van der Waals surface area contributed by atoms with Gasteiger partial charge in [0.2, 0.25) is 0 Å². The van der Waals surface area contributed by atoms with E-state index in [-0.39, 0.29) is 26.3 Å². The van der Waals surface area contributed by atoms with Gasteiger partial charge in [-0.3, -0.25) is 0 Å². The van der Waals surface area contributed by atoms with Crippen LogP contribution in [-0.4, -0.2) is 16.1 Å². The molecule has 0 aliphatic carbocycles. The van der Waals surface area contributed by atoms with Gasteiger partial charge in [0.05, 0.1) is 11.4 Å². The van der Waals surface area contributed by atoms with E-state index in [2.05, 4.69) is 20.9 Å². The Bertz CT molecular complexity index is 949. The second-order valence-corrected chi connectivity index (χ2v) is 7.20. The van der Waals surface area contributed by atoms with Crippen molar-refractivity contribution in [2.24, 2.45) is 0 Å². The third-order valence-corrected chi connectivity index (χ3v) is 5.12. The predicted octanol–water partition coefficient (Wildman–Crippen LogP) is 5.12. The Morgan fingerprint density at radius 2 is 1.96 bits per heavy atom. The molecule has 0 fully saturated rings. The van der Waals surface area contributed by atoms with Crippen LogP contribution in [-0.2, 0) is 5.92 Å². The van der Waals surface area contributed by atoms with Crippen LogP contribution in [0.3, 0.4) is 0 Å². The number of anilines is 1. The van der Waals surface area contributed by atoms with Crippen molar-refractivity contribution < 1.29 is 18.7 Å². The first-order valence-corrected chi connectivity index (χ1v) is 8.40. The smallest absolute Gasteiger partial charge is 0.348 e. The van der Waals surface area contributed by atoms with E-state index in [9.17, 15) is 18.7 Å². The van der Waals surface area contributed by atoms with E-state index in [0.717, 1.165) is 22.7 Å². The van der Waals surface area contributed by atoms with Crippen LogP contribution in [0.15, 0.2) is 34.8 Å². The average Bonchev–Trinajstić information content (AvgIpc) is 2.83. The Labute approximate surface area is 148 Å². The summed E-state index contributed by atoms with van der Waals surface area (Å²) in [5.41, 5.74) is 6.28. The number of hydrogen-bond donors (Lipinski definition) is 2. The van der Waals surface area contributed by atoms with E-state index < -0.39 is 11.9 Å². The molecule has 0 bridgehead atoms. The number of nitrogens with two attached hydrogens (primary N) is 1. The number of pyridine rings is 1. The van der Waals surface area contributed by atoms with Crippen molar-refractivity contribution in [1.29, 1.82) is 0 Å². The van der Waals surface area contributed by atoms with E-state index in [1.54, 1.807) is 24.3 Å². The fourth-order valence-electron chi connectivity index (χ4n) is 2.39. The summed E-state index contributed by atoms with van der Waals surface area (Å²) in [6.07, 6.45) is 0. The van der Waals surface area contributed by atoms with Gasteiger partial charge in [-0.25, -0.2) is 18.6 Å². The highest BCUT2D eigenvalue weighted by molar-refractivity contribution is 9.10. The molecule has 0 radical (unpaired) electrons. The summed E-state index contributed by atoms with van der Waals surface area (Å²) in [6, 6.07) is 8.29. The highest BCUT2D eigenvalue weighted by Gasteiger charge is 2.31. The largest absolute Gasteiger partial charge is 0.477 e. The van der Waals surface area contributed by atoms with Crippen LogP contribution in [0.25, 0.3) is 21.5 Å². The van der Waals surface area contributed by atoms with Crippen LogP contribution in [0, 0.1) is 0 Å². The van der Waals surface area contributed by atoms with Crippen LogP contribution in [0.5, 0.6) is 0 Å². The molecule has 8 heteroatoms. The molecule has 3 N–H and O–H groups in total. The number of carbonyl (C=O) groups is 1. The number of nitrogen functional groups attached to an aromatic ring is 1. The van der Waals surface area contributed by atoms with Crippen LogP contribution in [0.2, 0.25) is 0 Å². The first-order chi connectivity index (χ1) is 11.2. The summed E-state index contributed by atoms with van der Waals surface area (Å²) < 4.78 is 29.1. The van der Waals surface area contributed by atoms with Crippen molar-refractivity contribution in [3.63, 3.8) is 0 Å². The average molecular weight is 413 g/mol. The molecule has 0 atom stereocenters. The van der Waals surface area contributed by atoms with Crippen molar-refractivity contribution in [2.75, 3.05) is 5.73 Å². The number of carboxylic acids is 1. The van der Waals surface area contributed by atoms with Crippen molar-refractivity contribution >= 4 is 49.1 Å².